The zero-order chi connectivity index (χ0) is 15.5. The first-order valence-electron chi connectivity index (χ1n) is 6.96. The molecule has 1 aliphatic heterocycles. The Bertz CT molecular complexity index is 734. The molecule has 114 valence electrons. The number of carbonyl (C=O) groups excluding carboxylic acids is 1. The Balaban J connectivity index is 1.58. The summed E-state index contributed by atoms with van der Waals surface area (Å²) in [6, 6.07) is 5.55. The average molecular weight is 299 g/mol. The van der Waals surface area contributed by atoms with Crippen LogP contribution in [-0.4, -0.2) is 22.5 Å². The van der Waals surface area contributed by atoms with E-state index in [1.54, 1.807) is 10.8 Å². The van der Waals surface area contributed by atoms with Crippen molar-refractivity contribution in [3.05, 3.63) is 47.3 Å². The second-order valence-corrected chi connectivity index (χ2v) is 5.08. The van der Waals surface area contributed by atoms with Crippen molar-refractivity contribution in [1.82, 2.24) is 15.1 Å². The maximum atomic E-state index is 11.9. The molecule has 1 aromatic carbocycles. The smallest absolute Gasteiger partial charge is 0.244 e. The van der Waals surface area contributed by atoms with Crippen LogP contribution in [-0.2, 0) is 18.4 Å². The molecule has 1 amide bonds. The second kappa shape index (κ2) is 5.93. The molecule has 0 radical (unpaired) electrons. The number of hydrogen-bond acceptors (Lipinski definition) is 4. The van der Waals surface area contributed by atoms with E-state index in [0.717, 1.165) is 22.6 Å². The van der Waals surface area contributed by atoms with Gasteiger partial charge in [-0.15, -0.1) is 0 Å². The fraction of sp³-hybridized carbons (Fsp3) is 0.250. The number of nitrogens with one attached hydrogen (secondary N) is 1. The molecule has 0 atom stereocenters. The second-order valence-electron chi connectivity index (χ2n) is 5.08. The van der Waals surface area contributed by atoms with Crippen molar-refractivity contribution in [2.75, 3.05) is 6.79 Å². The highest BCUT2D eigenvalue weighted by Crippen LogP contribution is 2.32. The van der Waals surface area contributed by atoms with Crippen LogP contribution in [0.5, 0.6) is 11.5 Å². The van der Waals surface area contributed by atoms with E-state index in [0.29, 0.717) is 12.3 Å². The van der Waals surface area contributed by atoms with Gasteiger partial charge in [0.25, 0.3) is 0 Å². The first kappa shape index (κ1) is 14.2. The van der Waals surface area contributed by atoms with Crippen LogP contribution >= 0.6 is 0 Å². The van der Waals surface area contributed by atoms with Crippen molar-refractivity contribution >= 4 is 12.0 Å². The molecule has 0 saturated carbocycles. The van der Waals surface area contributed by atoms with E-state index in [1.165, 1.54) is 6.08 Å². The first-order chi connectivity index (χ1) is 10.6. The summed E-state index contributed by atoms with van der Waals surface area (Å²) in [7, 11) is 1.86. The molecule has 22 heavy (non-hydrogen) atoms. The lowest BCUT2D eigenvalue weighted by Crippen LogP contribution is -2.20. The van der Waals surface area contributed by atoms with Crippen LogP contribution in [0.15, 0.2) is 30.5 Å². The lowest BCUT2D eigenvalue weighted by Gasteiger charge is -2.01. The SMILES string of the molecule is Cc1nn(C)cc1CNC(=O)C=Cc1ccc2c(c1)OCO2. The average Bonchev–Trinajstić information content (AvgIpc) is 3.08. The monoisotopic (exact) mass is 299 g/mol. The standard InChI is InChI=1S/C16H17N3O3/c1-11-13(9-19(2)18-11)8-17-16(20)6-4-12-3-5-14-15(7-12)22-10-21-14/h3-7,9H,8,10H2,1-2H3,(H,17,20). The van der Waals surface area contributed by atoms with Gasteiger partial charge in [0, 0.05) is 31.4 Å². The van der Waals surface area contributed by atoms with Crippen LogP contribution in [0.1, 0.15) is 16.8 Å². The molecule has 3 rings (SSSR count). The Labute approximate surface area is 128 Å². The van der Waals surface area contributed by atoms with E-state index in [9.17, 15) is 4.79 Å². The molecule has 1 aromatic heterocycles. The summed E-state index contributed by atoms with van der Waals surface area (Å²) >= 11 is 0. The van der Waals surface area contributed by atoms with Crippen molar-refractivity contribution in [2.45, 2.75) is 13.5 Å². The minimum absolute atomic E-state index is 0.152. The van der Waals surface area contributed by atoms with E-state index in [1.807, 2.05) is 38.4 Å². The van der Waals surface area contributed by atoms with Gasteiger partial charge in [-0.2, -0.15) is 5.10 Å². The van der Waals surface area contributed by atoms with Crippen LogP contribution in [0.3, 0.4) is 0 Å². The lowest BCUT2D eigenvalue weighted by atomic mass is 10.2. The van der Waals surface area contributed by atoms with Gasteiger partial charge in [-0.05, 0) is 30.7 Å². The molecule has 0 aliphatic carbocycles. The maximum absolute atomic E-state index is 11.9. The molecule has 6 heteroatoms. The number of rotatable bonds is 4. The summed E-state index contributed by atoms with van der Waals surface area (Å²) in [4.78, 5) is 11.9. The Morgan fingerprint density at radius 3 is 3.00 bits per heavy atom. The third-order valence-electron chi connectivity index (χ3n) is 3.39. The van der Waals surface area contributed by atoms with Gasteiger partial charge in [-0.1, -0.05) is 6.07 Å². The maximum Gasteiger partial charge on any atom is 0.244 e. The van der Waals surface area contributed by atoms with Crippen LogP contribution in [0.2, 0.25) is 0 Å². The van der Waals surface area contributed by atoms with Gasteiger partial charge in [0.05, 0.1) is 5.69 Å². The molecule has 6 nitrogen and oxygen atoms in total. The number of hydrogen-bond donors (Lipinski definition) is 1. The molecule has 0 unspecified atom stereocenters. The molecular weight excluding hydrogens is 282 g/mol. The molecule has 2 aromatic rings. The third-order valence-corrected chi connectivity index (χ3v) is 3.39. The lowest BCUT2D eigenvalue weighted by molar-refractivity contribution is -0.116. The minimum Gasteiger partial charge on any atom is -0.454 e. The topological polar surface area (TPSA) is 65.4 Å². The largest absolute Gasteiger partial charge is 0.454 e. The minimum atomic E-state index is -0.152. The Morgan fingerprint density at radius 1 is 1.41 bits per heavy atom. The van der Waals surface area contributed by atoms with Crippen LogP contribution < -0.4 is 14.8 Å². The van der Waals surface area contributed by atoms with Crippen LogP contribution in [0, 0.1) is 6.92 Å². The fourth-order valence-electron chi connectivity index (χ4n) is 2.25. The first-order valence-corrected chi connectivity index (χ1v) is 6.96. The summed E-state index contributed by atoms with van der Waals surface area (Å²) in [6.45, 7) is 2.63. The molecule has 1 aliphatic rings. The normalized spacial score (nSPS) is 12.8. The van der Waals surface area contributed by atoms with Gasteiger partial charge in [0.2, 0.25) is 12.7 Å². The van der Waals surface area contributed by atoms with E-state index in [4.69, 9.17) is 9.47 Å². The van der Waals surface area contributed by atoms with E-state index in [2.05, 4.69) is 10.4 Å². The fourth-order valence-corrected chi connectivity index (χ4v) is 2.25. The Kier molecular flexibility index (Phi) is 3.82. The van der Waals surface area contributed by atoms with Gasteiger partial charge in [0.15, 0.2) is 11.5 Å². The highest BCUT2D eigenvalue weighted by molar-refractivity contribution is 5.91. The molecule has 0 spiro atoms. The summed E-state index contributed by atoms with van der Waals surface area (Å²) in [5.74, 6) is 1.28. The van der Waals surface area contributed by atoms with Crippen molar-refractivity contribution in [1.29, 1.82) is 0 Å². The van der Waals surface area contributed by atoms with Crippen molar-refractivity contribution < 1.29 is 14.3 Å². The molecule has 0 bridgehead atoms. The molecule has 1 N–H and O–H groups in total. The number of amides is 1. The van der Waals surface area contributed by atoms with Crippen molar-refractivity contribution in [3.8, 4) is 11.5 Å². The number of nitrogens with zero attached hydrogens (tertiary/aromatic N) is 2. The predicted molar refractivity (Wildman–Crippen MR) is 81.4 cm³/mol. The van der Waals surface area contributed by atoms with Gasteiger partial charge in [0.1, 0.15) is 0 Å². The van der Waals surface area contributed by atoms with Crippen LogP contribution in [0.4, 0.5) is 0 Å². The number of aryl methyl sites for hydroxylation is 2. The van der Waals surface area contributed by atoms with Gasteiger partial charge in [-0.3, -0.25) is 9.48 Å². The van der Waals surface area contributed by atoms with Gasteiger partial charge in [-0.25, -0.2) is 0 Å². The Morgan fingerprint density at radius 2 is 2.23 bits per heavy atom. The van der Waals surface area contributed by atoms with Crippen molar-refractivity contribution in [2.24, 2.45) is 7.05 Å². The molecule has 2 heterocycles. The quantitative estimate of drug-likeness (QED) is 0.874. The van der Waals surface area contributed by atoms with Crippen LogP contribution in [0.25, 0.3) is 6.08 Å². The summed E-state index contributed by atoms with van der Waals surface area (Å²) in [6.07, 6.45) is 5.15. The summed E-state index contributed by atoms with van der Waals surface area (Å²) < 4.78 is 12.3. The summed E-state index contributed by atoms with van der Waals surface area (Å²) in [5.41, 5.74) is 2.81. The zero-order valence-corrected chi connectivity index (χ0v) is 12.5. The van der Waals surface area contributed by atoms with E-state index >= 15 is 0 Å². The number of aromatic nitrogens is 2. The molecule has 0 saturated heterocycles. The number of fused-ring (bicyclic) bond motifs is 1. The number of ether oxygens (including phenoxy) is 2. The Hall–Kier alpha value is -2.76. The van der Waals surface area contributed by atoms with E-state index in [-0.39, 0.29) is 12.7 Å². The highest BCUT2D eigenvalue weighted by Gasteiger charge is 2.12. The predicted octanol–water partition coefficient (Wildman–Crippen LogP) is 1.79. The highest BCUT2D eigenvalue weighted by atomic mass is 16.7. The van der Waals surface area contributed by atoms with Crippen molar-refractivity contribution in [3.63, 3.8) is 0 Å². The number of benzene rings is 1. The van der Waals surface area contributed by atoms with Gasteiger partial charge >= 0.3 is 0 Å². The zero-order valence-electron chi connectivity index (χ0n) is 12.5. The molecule has 0 fully saturated rings. The number of carbonyl (C=O) groups is 1. The third kappa shape index (κ3) is 3.11. The summed E-state index contributed by atoms with van der Waals surface area (Å²) in [5, 5.41) is 7.08. The molecular formula is C16H17N3O3. The van der Waals surface area contributed by atoms with E-state index < -0.39 is 0 Å². The van der Waals surface area contributed by atoms with Gasteiger partial charge < -0.3 is 14.8 Å².